The predicted octanol–water partition coefficient (Wildman–Crippen LogP) is 1.37. The minimum atomic E-state index is -1.12. The highest BCUT2D eigenvalue weighted by atomic mass is 16.5. The van der Waals surface area contributed by atoms with Gasteiger partial charge in [-0.25, -0.2) is 0 Å². The molecular weight excluding hydrogens is 254 g/mol. The van der Waals surface area contributed by atoms with E-state index in [0.29, 0.717) is 17.1 Å². The highest BCUT2D eigenvalue weighted by Gasteiger charge is 2.21. The quantitative estimate of drug-likeness (QED) is 0.460. The number of carboxylic acids is 1. The van der Waals surface area contributed by atoms with Crippen molar-refractivity contribution >= 4 is 11.7 Å². The van der Waals surface area contributed by atoms with Crippen LogP contribution in [0.5, 0.6) is 17.2 Å². The largest absolute Gasteiger partial charge is 0.493 e. The predicted molar refractivity (Wildman–Crippen MR) is 66.7 cm³/mol. The summed E-state index contributed by atoms with van der Waals surface area (Å²) < 4.78 is 15.5. The lowest BCUT2D eigenvalue weighted by atomic mass is 10.1. The maximum absolute atomic E-state index is 10.7. The molecule has 1 aromatic carbocycles. The van der Waals surface area contributed by atoms with Crippen LogP contribution < -0.4 is 14.2 Å². The molecule has 0 aliphatic carbocycles. The summed E-state index contributed by atoms with van der Waals surface area (Å²) in [5, 5.41) is 20.7. The molecule has 0 spiro atoms. The van der Waals surface area contributed by atoms with Crippen LogP contribution in [0.25, 0.3) is 0 Å². The minimum Gasteiger partial charge on any atom is -0.493 e. The van der Waals surface area contributed by atoms with E-state index in [1.54, 1.807) is 6.07 Å². The van der Waals surface area contributed by atoms with Gasteiger partial charge in [0.05, 0.1) is 27.8 Å². The Morgan fingerprint density at radius 2 is 1.79 bits per heavy atom. The summed E-state index contributed by atoms with van der Waals surface area (Å²) in [5.74, 6) is -0.148. The Morgan fingerprint density at radius 1 is 1.16 bits per heavy atom. The molecule has 0 saturated heterocycles. The highest BCUT2D eigenvalue weighted by Crippen LogP contribution is 2.40. The van der Waals surface area contributed by atoms with E-state index in [2.05, 4.69) is 5.16 Å². The Hall–Kier alpha value is -2.44. The van der Waals surface area contributed by atoms with Gasteiger partial charge in [0.2, 0.25) is 5.75 Å². The number of rotatable bonds is 6. The van der Waals surface area contributed by atoms with E-state index in [4.69, 9.17) is 24.5 Å². The van der Waals surface area contributed by atoms with Crippen LogP contribution in [0.1, 0.15) is 12.0 Å². The third kappa shape index (κ3) is 3.06. The van der Waals surface area contributed by atoms with E-state index in [1.165, 1.54) is 27.4 Å². The number of nitrogens with zero attached hydrogens (tertiary/aromatic N) is 1. The fourth-order valence-corrected chi connectivity index (χ4v) is 1.66. The molecule has 0 saturated carbocycles. The summed E-state index contributed by atoms with van der Waals surface area (Å²) in [6.07, 6.45) is -0.442. The first-order chi connectivity index (χ1) is 9.08. The van der Waals surface area contributed by atoms with Crippen molar-refractivity contribution < 1.29 is 29.3 Å². The molecule has 0 atom stereocenters. The van der Waals surface area contributed by atoms with Gasteiger partial charge in [-0.2, -0.15) is 0 Å². The second-order valence-corrected chi connectivity index (χ2v) is 3.50. The van der Waals surface area contributed by atoms with Crippen molar-refractivity contribution in [3.05, 3.63) is 17.7 Å². The van der Waals surface area contributed by atoms with Crippen LogP contribution in [0.3, 0.4) is 0 Å². The van der Waals surface area contributed by atoms with Gasteiger partial charge in [-0.05, 0) is 12.1 Å². The summed E-state index contributed by atoms with van der Waals surface area (Å²) in [7, 11) is 4.29. The van der Waals surface area contributed by atoms with Crippen LogP contribution in [0.15, 0.2) is 17.3 Å². The first-order valence-corrected chi connectivity index (χ1v) is 5.31. The lowest BCUT2D eigenvalue weighted by Crippen LogP contribution is -2.11. The third-order valence-electron chi connectivity index (χ3n) is 2.45. The van der Waals surface area contributed by atoms with Crippen LogP contribution in [0.2, 0.25) is 0 Å². The number of hydrogen-bond acceptors (Lipinski definition) is 6. The fraction of sp³-hybridized carbons (Fsp3) is 0.333. The molecule has 1 rings (SSSR count). The number of ether oxygens (including phenoxy) is 3. The Morgan fingerprint density at radius 3 is 2.21 bits per heavy atom. The molecule has 0 aliphatic rings. The molecule has 104 valence electrons. The molecule has 0 amide bonds. The van der Waals surface area contributed by atoms with Crippen LogP contribution in [0, 0.1) is 0 Å². The zero-order valence-electron chi connectivity index (χ0n) is 10.8. The summed E-state index contributed by atoms with van der Waals surface area (Å²) in [6, 6.07) is 3.11. The monoisotopic (exact) mass is 269 g/mol. The number of carboxylic acid groups (broad SMARTS) is 1. The highest BCUT2D eigenvalue weighted by molar-refractivity contribution is 6.10. The van der Waals surface area contributed by atoms with Gasteiger partial charge in [0, 0.05) is 5.56 Å². The Bertz CT molecular complexity index is 497. The molecule has 0 aromatic heterocycles. The van der Waals surface area contributed by atoms with E-state index in [0.717, 1.165) is 0 Å². The topological polar surface area (TPSA) is 97.6 Å². The van der Waals surface area contributed by atoms with Crippen molar-refractivity contribution in [1.29, 1.82) is 0 Å². The Kier molecular flexibility index (Phi) is 4.99. The van der Waals surface area contributed by atoms with Crippen molar-refractivity contribution in [3.8, 4) is 17.2 Å². The molecule has 0 aliphatic heterocycles. The molecule has 0 fully saturated rings. The van der Waals surface area contributed by atoms with Gasteiger partial charge < -0.3 is 24.5 Å². The average molecular weight is 269 g/mol. The van der Waals surface area contributed by atoms with Gasteiger partial charge in [-0.15, -0.1) is 0 Å². The van der Waals surface area contributed by atoms with Gasteiger partial charge >= 0.3 is 5.97 Å². The summed E-state index contributed by atoms with van der Waals surface area (Å²) in [4.78, 5) is 10.7. The zero-order chi connectivity index (χ0) is 14.4. The number of carbonyl (C=O) groups is 1. The van der Waals surface area contributed by atoms with Gasteiger partial charge in [-0.3, -0.25) is 4.79 Å². The van der Waals surface area contributed by atoms with Crippen LogP contribution >= 0.6 is 0 Å². The maximum Gasteiger partial charge on any atom is 0.309 e. The van der Waals surface area contributed by atoms with Crippen molar-refractivity contribution in [1.82, 2.24) is 0 Å². The standard InChI is InChI=1S/C12H15NO6/c1-17-9-5-4-7(8(13-16)6-10(14)15)11(18-2)12(9)19-3/h4-5,16H,6H2,1-3H3,(H,14,15)/b13-8-. The molecule has 0 unspecified atom stereocenters. The van der Waals surface area contributed by atoms with Gasteiger partial charge in [0.1, 0.15) is 5.71 Å². The molecular formula is C12H15NO6. The molecule has 7 heteroatoms. The Labute approximate surface area is 110 Å². The SMILES string of the molecule is COc1ccc(/C(CC(=O)O)=N\O)c(OC)c1OC. The van der Waals surface area contributed by atoms with Crippen molar-refractivity contribution in [2.24, 2.45) is 5.16 Å². The van der Waals surface area contributed by atoms with E-state index < -0.39 is 12.4 Å². The second-order valence-electron chi connectivity index (χ2n) is 3.50. The van der Waals surface area contributed by atoms with Gasteiger partial charge in [0.25, 0.3) is 0 Å². The second kappa shape index (κ2) is 6.48. The number of methoxy groups -OCH3 is 3. The summed E-state index contributed by atoms with van der Waals surface area (Å²) in [6.45, 7) is 0. The van der Waals surface area contributed by atoms with E-state index in [-0.39, 0.29) is 11.5 Å². The van der Waals surface area contributed by atoms with Crippen molar-refractivity contribution in [2.75, 3.05) is 21.3 Å². The first kappa shape index (κ1) is 14.6. The molecule has 1 aromatic rings. The van der Waals surface area contributed by atoms with Crippen molar-refractivity contribution in [3.63, 3.8) is 0 Å². The lowest BCUT2D eigenvalue weighted by molar-refractivity contribution is -0.135. The van der Waals surface area contributed by atoms with Crippen LogP contribution in [-0.2, 0) is 4.79 Å². The normalized spacial score (nSPS) is 11.0. The zero-order valence-corrected chi connectivity index (χ0v) is 10.8. The Balaban J connectivity index is 3.39. The fourth-order valence-electron chi connectivity index (χ4n) is 1.66. The number of aliphatic carboxylic acids is 1. The van der Waals surface area contributed by atoms with Crippen LogP contribution in [0.4, 0.5) is 0 Å². The number of oxime groups is 1. The molecule has 0 bridgehead atoms. The lowest BCUT2D eigenvalue weighted by Gasteiger charge is -2.15. The smallest absolute Gasteiger partial charge is 0.309 e. The molecule has 2 N–H and O–H groups in total. The number of benzene rings is 1. The minimum absolute atomic E-state index is 0.0368. The molecule has 0 heterocycles. The molecule has 7 nitrogen and oxygen atoms in total. The van der Waals surface area contributed by atoms with Gasteiger partial charge in [0.15, 0.2) is 11.5 Å². The summed E-state index contributed by atoms with van der Waals surface area (Å²) in [5.41, 5.74) is 0.287. The maximum atomic E-state index is 10.7. The average Bonchev–Trinajstić information content (AvgIpc) is 2.42. The van der Waals surface area contributed by atoms with E-state index in [1.807, 2.05) is 0 Å². The van der Waals surface area contributed by atoms with Crippen molar-refractivity contribution in [2.45, 2.75) is 6.42 Å². The third-order valence-corrected chi connectivity index (χ3v) is 2.45. The van der Waals surface area contributed by atoms with E-state index >= 15 is 0 Å². The molecule has 0 radical (unpaired) electrons. The van der Waals surface area contributed by atoms with Gasteiger partial charge in [-0.1, -0.05) is 5.16 Å². The molecule has 19 heavy (non-hydrogen) atoms. The first-order valence-electron chi connectivity index (χ1n) is 5.31. The van der Waals surface area contributed by atoms with E-state index in [9.17, 15) is 4.79 Å². The summed E-state index contributed by atoms with van der Waals surface area (Å²) >= 11 is 0. The van der Waals surface area contributed by atoms with Crippen LogP contribution in [-0.4, -0.2) is 43.3 Å². The number of hydrogen-bond donors (Lipinski definition) is 2.